The molecular formula is C10H18N2O5. The molecule has 0 bridgehead atoms. The summed E-state index contributed by atoms with van der Waals surface area (Å²) in [7, 11) is 0. The van der Waals surface area contributed by atoms with Crippen LogP contribution < -0.4 is 11.1 Å². The molecule has 0 aromatic heterocycles. The van der Waals surface area contributed by atoms with Crippen molar-refractivity contribution in [1.82, 2.24) is 5.32 Å². The Morgan fingerprint density at radius 1 is 1.35 bits per heavy atom. The Bertz CT molecular complexity index is 308. The van der Waals surface area contributed by atoms with E-state index in [-0.39, 0.29) is 12.8 Å². The van der Waals surface area contributed by atoms with E-state index in [1.807, 2.05) is 5.32 Å². The number of esters is 1. The van der Waals surface area contributed by atoms with Gasteiger partial charge in [-0.3, -0.25) is 4.79 Å². The van der Waals surface area contributed by atoms with Crippen LogP contribution in [0, 0.1) is 0 Å². The number of rotatable bonds is 5. The van der Waals surface area contributed by atoms with Crippen molar-refractivity contribution in [2.24, 2.45) is 5.73 Å². The number of carboxylic acid groups (broad SMARTS) is 1. The topological polar surface area (TPSA) is 119 Å². The predicted octanol–water partition coefficient (Wildman–Crippen LogP) is 0.230. The molecule has 0 heterocycles. The highest BCUT2D eigenvalue weighted by molar-refractivity contribution is 5.82. The van der Waals surface area contributed by atoms with Crippen LogP contribution in [0.25, 0.3) is 0 Å². The highest BCUT2D eigenvalue weighted by Gasteiger charge is 2.22. The van der Waals surface area contributed by atoms with Gasteiger partial charge in [0.05, 0.1) is 0 Å². The number of primary amides is 1. The van der Waals surface area contributed by atoms with Gasteiger partial charge in [-0.15, -0.1) is 0 Å². The van der Waals surface area contributed by atoms with Gasteiger partial charge in [-0.2, -0.15) is 0 Å². The molecule has 0 unspecified atom stereocenters. The van der Waals surface area contributed by atoms with Crippen molar-refractivity contribution in [2.45, 2.75) is 45.3 Å². The second kappa shape index (κ2) is 6.07. The number of hydrogen-bond acceptors (Lipinski definition) is 4. The van der Waals surface area contributed by atoms with Gasteiger partial charge in [0.2, 0.25) is 0 Å². The Kier molecular flexibility index (Phi) is 5.43. The van der Waals surface area contributed by atoms with Crippen LogP contribution in [0.1, 0.15) is 33.6 Å². The van der Waals surface area contributed by atoms with Crippen molar-refractivity contribution in [1.29, 1.82) is 0 Å². The first-order valence-electron chi connectivity index (χ1n) is 5.12. The van der Waals surface area contributed by atoms with Crippen molar-refractivity contribution in [3.63, 3.8) is 0 Å². The normalized spacial score (nSPS) is 12.6. The highest BCUT2D eigenvalue weighted by atomic mass is 16.6. The van der Waals surface area contributed by atoms with E-state index < -0.39 is 29.6 Å². The highest BCUT2D eigenvalue weighted by Crippen LogP contribution is 2.10. The number of nitrogens with two attached hydrogens (primary N) is 1. The number of carbonyl (C=O) groups is 3. The Hall–Kier alpha value is -1.79. The summed E-state index contributed by atoms with van der Waals surface area (Å²) < 4.78 is 5.00. The lowest BCUT2D eigenvalue weighted by Gasteiger charge is -2.20. The maximum Gasteiger partial charge on any atom is 0.326 e. The van der Waals surface area contributed by atoms with E-state index in [9.17, 15) is 14.4 Å². The molecule has 17 heavy (non-hydrogen) atoms. The summed E-state index contributed by atoms with van der Waals surface area (Å²) >= 11 is 0. The van der Waals surface area contributed by atoms with Crippen LogP contribution >= 0.6 is 0 Å². The van der Waals surface area contributed by atoms with Gasteiger partial charge in [-0.25, -0.2) is 9.59 Å². The lowest BCUT2D eigenvalue weighted by Crippen LogP contribution is -2.44. The van der Waals surface area contributed by atoms with E-state index in [1.165, 1.54) is 0 Å². The monoisotopic (exact) mass is 246 g/mol. The average molecular weight is 246 g/mol. The molecule has 7 nitrogen and oxygen atoms in total. The van der Waals surface area contributed by atoms with Crippen LogP contribution in [-0.4, -0.2) is 34.7 Å². The van der Waals surface area contributed by atoms with Gasteiger partial charge in [-0.1, -0.05) is 0 Å². The van der Waals surface area contributed by atoms with Crippen LogP contribution in [0.3, 0.4) is 0 Å². The number of urea groups is 1. The molecule has 0 aliphatic rings. The Morgan fingerprint density at radius 2 is 1.88 bits per heavy atom. The fraction of sp³-hybridized carbons (Fsp3) is 0.700. The molecule has 2 amide bonds. The number of carboxylic acids is 1. The zero-order valence-electron chi connectivity index (χ0n) is 10.1. The zero-order chi connectivity index (χ0) is 13.6. The van der Waals surface area contributed by atoms with Crippen molar-refractivity contribution >= 4 is 18.0 Å². The summed E-state index contributed by atoms with van der Waals surface area (Å²) in [5.74, 6) is -1.76. The quantitative estimate of drug-likeness (QED) is 0.600. The standard InChI is InChI=1S/C10H18N2O5/c1-10(2,3)17-7(13)5-4-6(8(14)15)12-9(11)16/h6H,4-5H2,1-3H3,(H,14,15)(H3,11,12,16)/t6-/m1/s1. The SMILES string of the molecule is CC(C)(C)OC(=O)CC[C@@H](NC(N)=O)C(=O)O. The minimum absolute atomic E-state index is 0.0623. The molecule has 4 N–H and O–H groups in total. The van der Waals surface area contributed by atoms with E-state index >= 15 is 0 Å². The smallest absolute Gasteiger partial charge is 0.326 e. The number of amides is 2. The molecule has 98 valence electrons. The van der Waals surface area contributed by atoms with Crippen LogP contribution in [0.15, 0.2) is 0 Å². The van der Waals surface area contributed by atoms with E-state index in [4.69, 9.17) is 15.6 Å². The minimum Gasteiger partial charge on any atom is -0.480 e. The molecule has 7 heteroatoms. The molecular weight excluding hydrogens is 228 g/mol. The summed E-state index contributed by atoms with van der Waals surface area (Å²) in [5.41, 5.74) is 4.19. The number of ether oxygens (including phenoxy) is 1. The van der Waals surface area contributed by atoms with Gasteiger partial charge in [0.1, 0.15) is 11.6 Å². The molecule has 0 rings (SSSR count). The van der Waals surface area contributed by atoms with E-state index in [2.05, 4.69) is 0 Å². The second-order valence-corrected chi connectivity index (χ2v) is 4.52. The molecule has 0 aliphatic heterocycles. The van der Waals surface area contributed by atoms with Gasteiger partial charge in [0.15, 0.2) is 0 Å². The summed E-state index contributed by atoms with van der Waals surface area (Å²) in [5, 5.41) is 10.8. The second-order valence-electron chi connectivity index (χ2n) is 4.52. The largest absolute Gasteiger partial charge is 0.480 e. The fourth-order valence-corrected chi connectivity index (χ4v) is 1.08. The van der Waals surface area contributed by atoms with E-state index in [0.717, 1.165) is 0 Å². The number of nitrogens with one attached hydrogen (secondary N) is 1. The summed E-state index contributed by atoms with van der Waals surface area (Å²) in [6, 6.07) is -2.12. The third-order valence-electron chi connectivity index (χ3n) is 1.67. The van der Waals surface area contributed by atoms with Gasteiger partial charge in [-0.05, 0) is 27.2 Å². The Labute approximate surface area is 99.3 Å². The van der Waals surface area contributed by atoms with E-state index in [1.54, 1.807) is 20.8 Å². The molecule has 1 atom stereocenters. The molecule has 0 spiro atoms. The Balaban J connectivity index is 4.18. The third kappa shape index (κ3) is 8.06. The van der Waals surface area contributed by atoms with E-state index in [0.29, 0.717) is 0 Å². The summed E-state index contributed by atoms with van der Waals surface area (Å²) in [6.07, 6.45) is -0.165. The van der Waals surface area contributed by atoms with Crippen molar-refractivity contribution in [3.05, 3.63) is 0 Å². The van der Waals surface area contributed by atoms with Gasteiger partial charge < -0.3 is 20.9 Å². The van der Waals surface area contributed by atoms with Crippen molar-refractivity contribution < 1.29 is 24.2 Å². The summed E-state index contributed by atoms with van der Waals surface area (Å²) in [4.78, 5) is 32.5. The fourth-order valence-electron chi connectivity index (χ4n) is 1.08. The summed E-state index contributed by atoms with van der Waals surface area (Å²) in [6.45, 7) is 5.13. The zero-order valence-corrected chi connectivity index (χ0v) is 10.1. The van der Waals surface area contributed by atoms with Crippen LogP contribution in [0.5, 0.6) is 0 Å². The first-order valence-corrected chi connectivity index (χ1v) is 5.12. The maximum atomic E-state index is 11.3. The van der Waals surface area contributed by atoms with Crippen LogP contribution in [0.2, 0.25) is 0 Å². The lowest BCUT2D eigenvalue weighted by atomic mass is 10.1. The van der Waals surface area contributed by atoms with Crippen LogP contribution in [0.4, 0.5) is 4.79 Å². The molecule has 0 aliphatic carbocycles. The van der Waals surface area contributed by atoms with Crippen molar-refractivity contribution in [2.75, 3.05) is 0 Å². The third-order valence-corrected chi connectivity index (χ3v) is 1.67. The number of carbonyl (C=O) groups excluding carboxylic acids is 2. The molecule has 0 saturated carbocycles. The van der Waals surface area contributed by atoms with Crippen molar-refractivity contribution in [3.8, 4) is 0 Å². The Morgan fingerprint density at radius 3 is 2.24 bits per heavy atom. The number of aliphatic carboxylic acids is 1. The first-order chi connectivity index (χ1) is 7.61. The van der Waals surface area contributed by atoms with Gasteiger partial charge in [0.25, 0.3) is 0 Å². The average Bonchev–Trinajstić information content (AvgIpc) is 2.08. The predicted molar refractivity (Wildman–Crippen MR) is 59.2 cm³/mol. The first kappa shape index (κ1) is 15.2. The minimum atomic E-state index is -1.24. The van der Waals surface area contributed by atoms with Gasteiger partial charge >= 0.3 is 18.0 Å². The maximum absolute atomic E-state index is 11.3. The molecule has 0 aromatic carbocycles. The molecule has 0 aromatic rings. The lowest BCUT2D eigenvalue weighted by molar-refractivity contribution is -0.155. The molecule has 0 radical (unpaired) electrons. The molecule has 0 fully saturated rings. The van der Waals surface area contributed by atoms with Crippen LogP contribution in [-0.2, 0) is 14.3 Å². The number of hydrogen-bond donors (Lipinski definition) is 3. The molecule has 0 saturated heterocycles. The van der Waals surface area contributed by atoms with Gasteiger partial charge in [0, 0.05) is 6.42 Å².